The molecular weight excluding hydrogens is 189 g/mol. The van der Waals surface area contributed by atoms with E-state index in [2.05, 4.69) is 0 Å². The normalized spacial score (nSPS) is 14.1. The van der Waals surface area contributed by atoms with Crippen molar-refractivity contribution in [3.05, 3.63) is 0 Å². The summed E-state index contributed by atoms with van der Waals surface area (Å²) in [6.07, 6.45) is -4.13. The molecular formula is C11H21F3. The van der Waals surface area contributed by atoms with Crippen molar-refractivity contribution in [1.82, 2.24) is 0 Å². The van der Waals surface area contributed by atoms with E-state index in [0.717, 1.165) is 0 Å². The molecule has 0 aliphatic carbocycles. The van der Waals surface area contributed by atoms with E-state index >= 15 is 0 Å². The molecule has 0 bridgehead atoms. The Bertz CT molecular complexity index is 160. The van der Waals surface area contributed by atoms with Gasteiger partial charge in [0.1, 0.15) is 0 Å². The van der Waals surface area contributed by atoms with E-state index in [1.54, 1.807) is 0 Å². The highest BCUT2D eigenvalue weighted by Gasteiger charge is 2.45. The molecule has 0 atom stereocenters. The second-order valence-electron chi connectivity index (χ2n) is 4.69. The molecule has 0 amide bonds. The highest BCUT2D eigenvalue weighted by atomic mass is 19.4. The van der Waals surface area contributed by atoms with Gasteiger partial charge in [-0.2, -0.15) is 13.2 Å². The Morgan fingerprint density at radius 3 is 1.36 bits per heavy atom. The van der Waals surface area contributed by atoms with Crippen LogP contribution in [0.15, 0.2) is 0 Å². The molecule has 0 rings (SSSR count). The third-order valence-electron chi connectivity index (χ3n) is 3.49. The predicted octanol–water partition coefficient (Wildman–Crippen LogP) is 4.65. The Morgan fingerprint density at radius 2 is 1.29 bits per heavy atom. The van der Waals surface area contributed by atoms with Crippen LogP contribution < -0.4 is 0 Å². The van der Waals surface area contributed by atoms with Crippen LogP contribution >= 0.6 is 0 Å². The van der Waals surface area contributed by atoms with Gasteiger partial charge < -0.3 is 0 Å². The van der Waals surface area contributed by atoms with Crippen molar-refractivity contribution in [2.24, 2.45) is 17.3 Å². The molecule has 0 aliphatic heterocycles. The molecule has 0 aromatic rings. The highest BCUT2D eigenvalue weighted by molar-refractivity contribution is 4.86. The van der Waals surface area contributed by atoms with E-state index in [4.69, 9.17) is 0 Å². The Hall–Kier alpha value is -0.210. The molecule has 14 heavy (non-hydrogen) atoms. The molecule has 0 fully saturated rings. The SMILES string of the molecule is CCC(CC(F)(F)F)(C(C)C)C(C)C. The Morgan fingerprint density at radius 1 is 0.929 bits per heavy atom. The molecule has 0 N–H and O–H groups in total. The predicted molar refractivity (Wildman–Crippen MR) is 53.1 cm³/mol. The average Bonchev–Trinajstić information content (AvgIpc) is 1.97. The smallest absolute Gasteiger partial charge is 0.171 e. The maximum absolute atomic E-state index is 12.5. The first kappa shape index (κ1) is 13.8. The van der Waals surface area contributed by atoms with Crippen LogP contribution in [0.5, 0.6) is 0 Å². The third-order valence-corrected chi connectivity index (χ3v) is 3.49. The zero-order valence-electron chi connectivity index (χ0n) is 9.70. The van der Waals surface area contributed by atoms with E-state index in [9.17, 15) is 13.2 Å². The second-order valence-corrected chi connectivity index (χ2v) is 4.69. The van der Waals surface area contributed by atoms with Gasteiger partial charge in [0.15, 0.2) is 0 Å². The lowest BCUT2D eigenvalue weighted by Crippen LogP contribution is -2.37. The third kappa shape index (κ3) is 3.18. The minimum atomic E-state index is -4.05. The van der Waals surface area contributed by atoms with Crippen LogP contribution in [-0.2, 0) is 0 Å². The van der Waals surface area contributed by atoms with Gasteiger partial charge in [-0.15, -0.1) is 0 Å². The highest BCUT2D eigenvalue weighted by Crippen LogP contribution is 2.47. The van der Waals surface area contributed by atoms with Gasteiger partial charge in [0, 0.05) is 6.42 Å². The number of hydrogen-bond donors (Lipinski definition) is 0. The zero-order chi connectivity index (χ0) is 11.6. The molecule has 0 aromatic carbocycles. The fourth-order valence-corrected chi connectivity index (χ4v) is 2.39. The Labute approximate surface area is 84.9 Å². The molecule has 0 radical (unpaired) electrons. The van der Waals surface area contributed by atoms with E-state index in [-0.39, 0.29) is 11.8 Å². The average molecular weight is 210 g/mol. The lowest BCUT2D eigenvalue weighted by atomic mass is 9.65. The van der Waals surface area contributed by atoms with Crippen molar-refractivity contribution < 1.29 is 13.2 Å². The summed E-state index contributed by atoms with van der Waals surface area (Å²) < 4.78 is 37.4. The van der Waals surface area contributed by atoms with Gasteiger partial charge >= 0.3 is 6.18 Å². The van der Waals surface area contributed by atoms with Crippen LogP contribution in [0.4, 0.5) is 13.2 Å². The van der Waals surface area contributed by atoms with Gasteiger partial charge in [-0.25, -0.2) is 0 Å². The molecule has 0 heterocycles. The summed E-state index contributed by atoms with van der Waals surface area (Å²) in [5, 5.41) is 0. The maximum Gasteiger partial charge on any atom is 0.389 e. The van der Waals surface area contributed by atoms with E-state index in [0.29, 0.717) is 6.42 Å². The summed E-state index contributed by atoms with van der Waals surface area (Å²) >= 11 is 0. The topological polar surface area (TPSA) is 0 Å². The van der Waals surface area contributed by atoms with Gasteiger partial charge in [0.2, 0.25) is 0 Å². The molecule has 0 aliphatic rings. The van der Waals surface area contributed by atoms with Crippen LogP contribution in [0, 0.1) is 17.3 Å². The molecule has 0 spiro atoms. The van der Waals surface area contributed by atoms with E-state index in [1.807, 2.05) is 34.6 Å². The molecule has 0 nitrogen and oxygen atoms in total. The number of rotatable bonds is 4. The monoisotopic (exact) mass is 210 g/mol. The van der Waals surface area contributed by atoms with Crippen molar-refractivity contribution in [3.8, 4) is 0 Å². The Kier molecular flexibility index (Phi) is 4.47. The van der Waals surface area contributed by atoms with Crippen LogP contribution in [0.2, 0.25) is 0 Å². The van der Waals surface area contributed by atoms with Gasteiger partial charge in [-0.1, -0.05) is 34.6 Å². The lowest BCUT2D eigenvalue weighted by Gasteiger charge is -2.41. The van der Waals surface area contributed by atoms with Crippen LogP contribution in [0.1, 0.15) is 47.5 Å². The van der Waals surface area contributed by atoms with Crippen molar-refractivity contribution in [2.75, 3.05) is 0 Å². The van der Waals surface area contributed by atoms with Crippen LogP contribution in [-0.4, -0.2) is 6.18 Å². The van der Waals surface area contributed by atoms with Crippen LogP contribution in [0.25, 0.3) is 0 Å². The molecule has 0 aromatic heterocycles. The summed E-state index contributed by atoms with van der Waals surface area (Å²) in [7, 11) is 0. The van der Waals surface area contributed by atoms with Gasteiger partial charge in [0.05, 0.1) is 0 Å². The minimum absolute atomic E-state index is 0.0640. The standard InChI is InChI=1S/C11H21F3/c1-6-10(8(2)3,9(4)5)7-11(12,13)14/h8-9H,6-7H2,1-5H3. The van der Waals surface area contributed by atoms with Crippen LogP contribution in [0.3, 0.4) is 0 Å². The lowest BCUT2D eigenvalue weighted by molar-refractivity contribution is -0.173. The first-order valence-corrected chi connectivity index (χ1v) is 5.22. The second kappa shape index (κ2) is 4.54. The molecule has 0 saturated heterocycles. The summed E-state index contributed by atoms with van der Waals surface area (Å²) in [6.45, 7) is 9.39. The van der Waals surface area contributed by atoms with E-state index < -0.39 is 18.0 Å². The minimum Gasteiger partial charge on any atom is -0.171 e. The van der Waals surface area contributed by atoms with Gasteiger partial charge in [0.25, 0.3) is 0 Å². The quantitative estimate of drug-likeness (QED) is 0.633. The van der Waals surface area contributed by atoms with Crippen molar-refractivity contribution >= 4 is 0 Å². The summed E-state index contributed by atoms with van der Waals surface area (Å²) in [5.74, 6) is 0.128. The number of alkyl halides is 3. The van der Waals surface area contributed by atoms with Gasteiger partial charge in [-0.05, 0) is 23.7 Å². The molecule has 86 valence electrons. The summed E-state index contributed by atoms with van der Waals surface area (Å²) in [5.41, 5.74) is -0.599. The first-order valence-electron chi connectivity index (χ1n) is 5.22. The van der Waals surface area contributed by atoms with Gasteiger partial charge in [-0.3, -0.25) is 0 Å². The number of halogens is 3. The maximum atomic E-state index is 12.5. The summed E-state index contributed by atoms with van der Waals surface area (Å²) in [6, 6.07) is 0. The fourth-order valence-electron chi connectivity index (χ4n) is 2.39. The largest absolute Gasteiger partial charge is 0.389 e. The number of hydrogen-bond acceptors (Lipinski definition) is 0. The first-order chi connectivity index (χ1) is 6.15. The van der Waals surface area contributed by atoms with E-state index in [1.165, 1.54) is 0 Å². The Balaban J connectivity index is 4.87. The molecule has 0 unspecified atom stereocenters. The van der Waals surface area contributed by atoms with Crippen molar-refractivity contribution in [3.63, 3.8) is 0 Å². The fraction of sp³-hybridized carbons (Fsp3) is 1.00. The zero-order valence-corrected chi connectivity index (χ0v) is 9.70. The van der Waals surface area contributed by atoms with Crippen molar-refractivity contribution in [2.45, 2.75) is 53.6 Å². The summed E-state index contributed by atoms with van der Waals surface area (Å²) in [4.78, 5) is 0. The molecule has 3 heteroatoms. The van der Waals surface area contributed by atoms with Crippen molar-refractivity contribution in [1.29, 1.82) is 0 Å². The molecule has 0 saturated carbocycles.